The number of thiophene rings is 2. The third-order valence-corrected chi connectivity index (χ3v) is 7.39. The molecule has 0 radical (unpaired) electrons. The van der Waals surface area contributed by atoms with Crippen LogP contribution in [0.4, 0.5) is 5.00 Å². The molecule has 1 N–H and O–H groups in total. The smallest absolute Gasteiger partial charge is 0.348 e. The highest BCUT2D eigenvalue weighted by molar-refractivity contribution is 7.21. The molecule has 0 aliphatic heterocycles. The standard InChI is InChI=1S/C25H29NO5S2/c1-6-10-17-16-11-8-9-12-18(16)32-21(17)22(27)26-23-19(24(28)30-7-2)15(5)20(33-23)25(29)31-13-14(3)4/h8-9,11-12,14H,6-7,10,13H2,1-5H3,(H,26,27). The molecule has 0 saturated carbocycles. The van der Waals surface area contributed by atoms with Crippen LogP contribution in [0.15, 0.2) is 24.3 Å². The Morgan fingerprint density at radius 1 is 1.00 bits per heavy atom. The molecule has 3 rings (SSSR count). The van der Waals surface area contributed by atoms with Crippen LogP contribution in [0, 0.1) is 12.8 Å². The van der Waals surface area contributed by atoms with E-state index in [4.69, 9.17) is 9.47 Å². The number of nitrogens with one attached hydrogen (secondary N) is 1. The second-order valence-corrected chi connectivity index (χ2v) is 10.2. The van der Waals surface area contributed by atoms with Gasteiger partial charge >= 0.3 is 11.9 Å². The number of aryl methyl sites for hydroxylation is 1. The largest absolute Gasteiger partial charge is 0.462 e. The molecule has 0 unspecified atom stereocenters. The maximum Gasteiger partial charge on any atom is 0.348 e. The summed E-state index contributed by atoms with van der Waals surface area (Å²) in [6, 6.07) is 7.94. The minimum absolute atomic E-state index is 0.183. The summed E-state index contributed by atoms with van der Waals surface area (Å²) in [6.45, 7) is 9.81. The first-order valence-corrected chi connectivity index (χ1v) is 12.7. The molecule has 0 aliphatic carbocycles. The molecule has 0 aliphatic rings. The Morgan fingerprint density at radius 2 is 1.73 bits per heavy atom. The van der Waals surface area contributed by atoms with E-state index in [-0.39, 0.29) is 30.6 Å². The average molecular weight is 488 g/mol. The fraction of sp³-hybridized carbons (Fsp3) is 0.400. The topological polar surface area (TPSA) is 81.7 Å². The van der Waals surface area contributed by atoms with Crippen LogP contribution in [0.25, 0.3) is 10.1 Å². The van der Waals surface area contributed by atoms with Gasteiger partial charge in [-0.25, -0.2) is 9.59 Å². The fourth-order valence-electron chi connectivity index (χ4n) is 3.49. The van der Waals surface area contributed by atoms with Crippen LogP contribution in [-0.2, 0) is 15.9 Å². The van der Waals surface area contributed by atoms with Gasteiger partial charge in [-0.05, 0) is 48.8 Å². The zero-order chi connectivity index (χ0) is 24.1. The normalized spacial score (nSPS) is 11.1. The minimum atomic E-state index is -0.574. The van der Waals surface area contributed by atoms with Crippen molar-refractivity contribution in [2.45, 2.75) is 47.5 Å². The van der Waals surface area contributed by atoms with E-state index in [1.165, 1.54) is 11.3 Å². The first-order chi connectivity index (χ1) is 15.8. The Bertz CT molecular complexity index is 1180. The van der Waals surface area contributed by atoms with Crippen LogP contribution in [0.2, 0.25) is 0 Å². The first-order valence-electron chi connectivity index (χ1n) is 11.1. The van der Waals surface area contributed by atoms with Gasteiger partial charge in [-0.1, -0.05) is 45.4 Å². The number of rotatable bonds is 9. The molecular weight excluding hydrogens is 458 g/mol. The summed E-state index contributed by atoms with van der Waals surface area (Å²) < 4.78 is 11.6. The molecular formula is C25H29NO5S2. The van der Waals surface area contributed by atoms with Gasteiger partial charge in [0.25, 0.3) is 5.91 Å². The van der Waals surface area contributed by atoms with Crippen LogP contribution < -0.4 is 5.32 Å². The monoisotopic (exact) mass is 487 g/mol. The van der Waals surface area contributed by atoms with E-state index in [1.807, 2.05) is 38.1 Å². The molecule has 0 bridgehead atoms. The zero-order valence-corrected chi connectivity index (χ0v) is 21.2. The second-order valence-electron chi connectivity index (χ2n) is 8.08. The average Bonchev–Trinajstić information content (AvgIpc) is 3.30. The number of hydrogen-bond acceptors (Lipinski definition) is 7. The van der Waals surface area contributed by atoms with E-state index < -0.39 is 11.9 Å². The number of ether oxygens (including phenoxy) is 2. The predicted octanol–water partition coefficient (Wildman–Crippen LogP) is 6.47. The predicted molar refractivity (Wildman–Crippen MR) is 134 cm³/mol. The van der Waals surface area contributed by atoms with Crippen LogP contribution >= 0.6 is 22.7 Å². The fourth-order valence-corrected chi connectivity index (χ4v) is 5.72. The third-order valence-electron chi connectivity index (χ3n) is 4.99. The van der Waals surface area contributed by atoms with Crippen molar-refractivity contribution in [2.75, 3.05) is 18.5 Å². The molecule has 0 fully saturated rings. The van der Waals surface area contributed by atoms with E-state index in [2.05, 4.69) is 12.2 Å². The van der Waals surface area contributed by atoms with Crippen LogP contribution in [0.5, 0.6) is 0 Å². The SMILES string of the molecule is CCCc1c(C(=O)Nc2sc(C(=O)OCC(C)C)c(C)c2C(=O)OCC)sc2ccccc12. The summed E-state index contributed by atoms with van der Waals surface area (Å²) >= 11 is 2.48. The Kier molecular flexibility index (Phi) is 8.26. The lowest BCUT2D eigenvalue weighted by Crippen LogP contribution is -2.15. The van der Waals surface area contributed by atoms with Gasteiger partial charge in [0.2, 0.25) is 0 Å². The van der Waals surface area contributed by atoms with E-state index in [9.17, 15) is 14.4 Å². The number of fused-ring (bicyclic) bond motifs is 1. The lowest BCUT2D eigenvalue weighted by molar-refractivity contribution is 0.0464. The molecule has 2 aromatic heterocycles. The summed E-state index contributed by atoms with van der Waals surface area (Å²) in [5.41, 5.74) is 1.65. The quantitative estimate of drug-likeness (QED) is 0.350. The number of benzene rings is 1. The Morgan fingerprint density at radius 3 is 2.39 bits per heavy atom. The molecule has 8 heteroatoms. The summed E-state index contributed by atoms with van der Waals surface area (Å²) in [5, 5.41) is 4.26. The molecule has 0 atom stereocenters. The van der Waals surface area contributed by atoms with Gasteiger partial charge in [-0.3, -0.25) is 4.79 Å². The third kappa shape index (κ3) is 5.45. The number of carbonyl (C=O) groups excluding carboxylic acids is 3. The van der Waals surface area contributed by atoms with Gasteiger partial charge in [0.1, 0.15) is 9.88 Å². The van der Waals surface area contributed by atoms with Crippen molar-refractivity contribution in [3.05, 3.63) is 50.7 Å². The molecule has 1 amide bonds. The Labute approximate surface area is 201 Å². The van der Waals surface area contributed by atoms with E-state index in [1.54, 1.807) is 13.8 Å². The molecule has 0 spiro atoms. The van der Waals surface area contributed by atoms with Gasteiger partial charge in [-0.2, -0.15) is 0 Å². The zero-order valence-electron chi connectivity index (χ0n) is 19.6. The summed E-state index contributed by atoms with van der Waals surface area (Å²) in [6.07, 6.45) is 1.67. The van der Waals surface area contributed by atoms with Crippen LogP contribution in [-0.4, -0.2) is 31.1 Å². The van der Waals surface area contributed by atoms with Crippen molar-refractivity contribution in [2.24, 2.45) is 5.92 Å². The maximum atomic E-state index is 13.4. The van der Waals surface area contributed by atoms with Crippen molar-refractivity contribution in [1.82, 2.24) is 0 Å². The highest BCUT2D eigenvalue weighted by atomic mass is 32.1. The van der Waals surface area contributed by atoms with E-state index in [0.717, 1.165) is 39.8 Å². The first kappa shape index (κ1) is 24.9. The van der Waals surface area contributed by atoms with Crippen molar-refractivity contribution < 1.29 is 23.9 Å². The summed E-state index contributed by atoms with van der Waals surface area (Å²) in [7, 11) is 0. The van der Waals surface area contributed by atoms with E-state index in [0.29, 0.717) is 20.3 Å². The van der Waals surface area contributed by atoms with Crippen molar-refractivity contribution >= 4 is 55.6 Å². The number of esters is 2. The van der Waals surface area contributed by atoms with Crippen LogP contribution in [0.3, 0.4) is 0 Å². The Hall–Kier alpha value is -2.71. The van der Waals surface area contributed by atoms with Gasteiger partial charge < -0.3 is 14.8 Å². The van der Waals surface area contributed by atoms with Gasteiger partial charge in [0.05, 0.1) is 23.7 Å². The molecule has 2 heterocycles. The van der Waals surface area contributed by atoms with Crippen molar-refractivity contribution in [3.8, 4) is 0 Å². The molecule has 3 aromatic rings. The second kappa shape index (κ2) is 10.9. The van der Waals surface area contributed by atoms with Crippen molar-refractivity contribution in [1.29, 1.82) is 0 Å². The Balaban J connectivity index is 2.00. The molecule has 0 saturated heterocycles. The maximum absolute atomic E-state index is 13.4. The number of carbonyl (C=O) groups is 3. The number of anilines is 1. The highest BCUT2D eigenvalue weighted by Crippen LogP contribution is 2.37. The molecule has 6 nitrogen and oxygen atoms in total. The van der Waals surface area contributed by atoms with Gasteiger partial charge in [-0.15, -0.1) is 22.7 Å². The minimum Gasteiger partial charge on any atom is -0.462 e. The summed E-state index contributed by atoms with van der Waals surface area (Å²) in [4.78, 5) is 39.6. The van der Waals surface area contributed by atoms with Gasteiger partial charge in [0.15, 0.2) is 0 Å². The molecule has 1 aromatic carbocycles. The van der Waals surface area contributed by atoms with Crippen molar-refractivity contribution in [3.63, 3.8) is 0 Å². The number of amides is 1. The van der Waals surface area contributed by atoms with Crippen LogP contribution in [0.1, 0.15) is 74.9 Å². The lowest BCUT2D eigenvalue weighted by Gasteiger charge is -2.08. The summed E-state index contributed by atoms with van der Waals surface area (Å²) in [5.74, 6) is -1.20. The molecule has 33 heavy (non-hydrogen) atoms. The molecule has 176 valence electrons. The highest BCUT2D eigenvalue weighted by Gasteiger charge is 2.28. The van der Waals surface area contributed by atoms with Gasteiger partial charge in [0, 0.05) is 4.70 Å². The number of hydrogen-bond donors (Lipinski definition) is 1. The lowest BCUT2D eigenvalue weighted by atomic mass is 10.1. The van der Waals surface area contributed by atoms with E-state index >= 15 is 0 Å².